The standard InChI is InChI=1S/C29H32ClF2N7O3/c1-37-11-15-3-4-17(26(37)40)13-39(12-15)28-33-10-20(30)25(36-28)34-18-7-8-21-19(9-18)22-23(27(41)38(21)2)42-14-29(31,32)24(35-22)16-5-6-16/h7-10,15-17,24,35H,3-6,11-14H2,1-2H3,(H,33,34,36)/t15?,17?,24-/m0/s1. The number of fused-ring (bicyclic) bond motifs is 6. The largest absolute Gasteiger partial charge is 0.480 e. The number of rotatable bonds is 4. The Labute approximate surface area is 246 Å². The van der Waals surface area contributed by atoms with Gasteiger partial charge in [-0.3, -0.25) is 9.59 Å². The van der Waals surface area contributed by atoms with Crippen LogP contribution in [0.1, 0.15) is 25.7 Å². The number of halogens is 3. The molecule has 3 aromatic rings. The predicted octanol–water partition coefficient (Wildman–Crippen LogP) is 4.25. The highest BCUT2D eigenvalue weighted by Crippen LogP contribution is 2.45. The number of ether oxygens (including phenoxy) is 1. The first-order valence-corrected chi connectivity index (χ1v) is 14.7. The third kappa shape index (κ3) is 4.69. The number of benzene rings is 1. The summed E-state index contributed by atoms with van der Waals surface area (Å²) in [5, 5.41) is 7.13. The van der Waals surface area contributed by atoms with Gasteiger partial charge in [-0.2, -0.15) is 4.98 Å². The molecule has 5 heterocycles. The number of alkyl halides is 2. The molecule has 13 heteroatoms. The normalized spacial score (nSPS) is 25.3. The number of aromatic nitrogens is 3. The van der Waals surface area contributed by atoms with Crippen molar-refractivity contribution in [1.29, 1.82) is 0 Å². The van der Waals surface area contributed by atoms with Gasteiger partial charge in [-0.15, -0.1) is 0 Å². The summed E-state index contributed by atoms with van der Waals surface area (Å²) in [6, 6.07) is 4.19. The molecule has 1 aliphatic carbocycles. The lowest BCUT2D eigenvalue weighted by atomic mass is 10.0. The van der Waals surface area contributed by atoms with Gasteiger partial charge in [-0.1, -0.05) is 11.6 Å². The number of nitrogens with one attached hydrogen (secondary N) is 2. The molecule has 1 amide bonds. The minimum Gasteiger partial charge on any atom is -0.480 e. The molecule has 2 saturated heterocycles. The van der Waals surface area contributed by atoms with E-state index in [-0.39, 0.29) is 29.2 Å². The summed E-state index contributed by atoms with van der Waals surface area (Å²) in [6.07, 6.45) is 4.77. The summed E-state index contributed by atoms with van der Waals surface area (Å²) in [4.78, 5) is 39.0. The van der Waals surface area contributed by atoms with Crippen molar-refractivity contribution in [2.75, 3.05) is 48.8 Å². The molecule has 3 fully saturated rings. The molecular formula is C29H32ClF2N7O3. The molecule has 0 radical (unpaired) electrons. The van der Waals surface area contributed by atoms with Crippen molar-refractivity contribution < 1.29 is 18.3 Å². The number of likely N-dealkylation sites (tertiary alicyclic amines) is 1. The first kappa shape index (κ1) is 27.2. The molecule has 2 N–H and O–H groups in total. The Morgan fingerprint density at radius 3 is 2.71 bits per heavy atom. The van der Waals surface area contributed by atoms with E-state index in [0.717, 1.165) is 19.4 Å². The monoisotopic (exact) mass is 599 g/mol. The molecule has 3 atom stereocenters. The van der Waals surface area contributed by atoms with E-state index in [1.165, 1.54) is 10.8 Å². The van der Waals surface area contributed by atoms with Crippen LogP contribution in [0.2, 0.25) is 5.02 Å². The van der Waals surface area contributed by atoms with E-state index in [9.17, 15) is 18.4 Å². The highest BCUT2D eigenvalue weighted by molar-refractivity contribution is 6.33. The van der Waals surface area contributed by atoms with E-state index < -0.39 is 24.1 Å². The fraction of sp³-hybridized carbons (Fsp3) is 0.517. The molecular weight excluding hydrogens is 568 g/mol. The van der Waals surface area contributed by atoms with E-state index in [0.29, 0.717) is 65.2 Å². The lowest BCUT2D eigenvalue weighted by Gasteiger charge is -2.32. The number of carbonyl (C=O) groups excluding carboxylic acids is 1. The number of aryl methyl sites for hydroxylation is 1. The SMILES string of the molecule is CN1CC2CCC(CN(c3ncc(Cl)c(Nc4ccc5c(c4)c4c(c(=O)n5C)OCC(F)(F)[C@H](C5CC5)N4)n3)C2)C1=O. The molecule has 2 bridgehead atoms. The average molecular weight is 600 g/mol. The molecule has 42 heavy (non-hydrogen) atoms. The number of pyridine rings is 1. The summed E-state index contributed by atoms with van der Waals surface area (Å²) in [7, 11) is 3.46. The van der Waals surface area contributed by atoms with Crippen LogP contribution in [-0.2, 0) is 11.8 Å². The van der Waals surface area contributed by atoms with Crippen molar-refractivity contribution in [3.8, 4) is 5.75 Å². The minimum absolute atomic E-state index is 0.109. The highest BCUT2D eigenvalue weighted by atomic mass is 35.5. The summed E-state index contributed by atoms with van der Waals surface area (Å²) in [5.74, 6) is -2.18. The molecule has 3 aliphatic heterocycles. The van der Waals surface area contributed by atoms with Gasteiger partial charge in [-0.25, -0.2) is 13.8 Å². The lowest BCUT2D eigenvalue weighted by Crippen LogP contribution is -2.45. The maximum Gasteiger partial charge on any atom is 0.301 e. The molecule has 2 aromatic heterocycles. The maximum absolute atomic E-state index is 15.0. The number of carbonyl (C=O) groups is 1. The molecule has 222 valence electrons. The summed E-state index contributed by atoms with van der Waals surface area (Å²) >= 11 is 6.52. The van der Waals surface area contributed by atoms with Crippen molar-refractivity contribution in [2.45, 2.75) is 37.6 Å². The van der Waals surface area contributed by atoms with Crippen molar-refractivity contribution >= 4 is 51.6 Å². The van der Waals surface area contributed by atoms with Crippen LogP contribution in [0.4, 0.5) is 31.9 Å². The molecule has 1 saturated carbocycles. The minimum atomic E-state index is -3.12. The molecule has 2 unspecified atom stereocenters. The van der Waals surface area contributed by atoms with E-state index >= 15 is 0 Å². The van der Waals surface area contributed by atoms with Crippen LogP contribution in [0.5, 0.6) is 5.75 Å². The van der Waals surface area contributed by atoms with Crippen LogP contribution in [0.15, 0.2) is 29.2 Å². The average Bonchev–Trinajstić information content (AvgIpc) is 3.82. The Bertz CT molecular complexity index is 1650. The number of hydrogen-bond donors (Lipinski definition) is 2. The van der Waals surface area contributed by atoms with E-state index in [1.807, 2.05) is 11.9 Å². The third-order valence-corrected chi connectivity index (χ3v) is 9.26. The van der Waals surface area contributed by atoms with Crippen molar-refractivity contribution in [3.05, 3.63) is 39.8 Å². The van der Waals surface area contributed by atoms with Crippen LogP contribution in [0.3, 0.4) is 0 Å². The Morgan fingerprint density at radius 2 is 1.93 bits per heavy atom. The zero-order valence-electron chi connectivity index (χ0n) is 23.4. The van der Waals surface area contributed by atoms with E-state index in [4.69, 9.17) is 21.3 Å². The van der Waals surface area contributed by atoms with Crippen molar-refractivity contribution in [3.63, 3.8) is 0 Å². The molecule has 0 spiro atoms. The van der Waals surface area contributed by atoms with Gasteiger partial charge in [0, 0.05) is 44.8 Å². The smallest absolute Gasteiger partial charge is 0.301 e. The zero-order chi connectivity index (χ0) is 29.3. The van der Waals surface area contributed by atoms with Gasteiger partial charge in [0.15, 0.2) is 12.4 Å². The third-order valence-electron chi connectivity index (χ3n) is 8.99. The van der Waals surface area contributed by atoms with Crippen LogP contribution < -0.4 is 25.8 Å². The van der Waals surface area contributed by atoms with E-state index in [2.05, 4.69) is 20.5 Å². The van der Waals surface area contributed by atoms with Crippen LogP contribution in [0, 0.1) is 17.8 Å². The highest BCUT2D eigenvalue weighted by Gasteiger charge is 2.51. The zero-order valence-corrected chi connectivity index (χ0v) is 24.1. The second-order valence-electron chi connectivity index (χ2n) is 12.1. The quantitative estimate of drug-likeness (QED) is 0.459. The van der Waals surface area contributed by atoms with Gasteiger partial charge in [0.2, 0.25) is 17.6 Å². The molecule has 1 aromatic carbocycles. The lowest BCUT2D eigenvalue weighted by molar-refractivity contribution is -0.133. The first-order chi connectivity index (χ1) is 20.1. The van der Waals surface area contributed by atoms with Crippen LogP contribution in [-0.4, -0.2) is 70.6 Å². The van der Waals surface area contributed by atoms with Crippen LogP contribution in [0.25, 0.3) is 10.9 Å². The van der Waals surface area contributed by atoms with Gasteiger partial charge in [0.25, 0.3) is 5.56 Å². The Kier molecular flexibility index (Phi) is 6.45. The number of nitrogens with zero attached hydrogens (tertiary/aromatic N) is 5. The fourth-order valence-corrected chi connectivity index (χ4v) is 6.73. The number of anilines is 4. The summed E-state index contributed by atoms with van der Waals surface area (Å²) < 4.78 is 36.9. The number of hydrogen-bond acceptors (Lipinski definition) is 8. The molecule has 4 aliphatic rings. The van der Waals surface area contributed by atoms with Gasteiger partial charge in [-0.05, 0) is 55.7 Å². The summed E-state index contributed by atoms with van der Waals surface area (Å²) in [5.41, 5.74) is 0.958. The van der Waals surface area contributed by atoms with Crippen molar-refractivity contribution in [1.82, 2.24) is 19.4 Å². The topological polar surface area (TPSA) is 105 Å². The van der Waals surface area contributed by atoms with Crippen LogP contribution >= 0.6 is 11.6 Å². The Balaban J connectivity index is 1.23. The maximum atomic E-state index is 15.0. The van der Waals surface area contributed by atoms with Crippen molar-refractivity contribution in [2.24, 2.45) is 24.8 Å². The molecule has 7 rings (SSSR count). The molecule has 10 nitrogen and oxygen atoms in total. The second-order valence-corrected chi connectivity index (χ2v) is 12.5. The fourth-order valence-electron chi connectivity index (χ4n) is 6.60. The summed E-state index contributed by atoms with van der Waals surface area (Å²) in [6.45, 7) is 1.13. The Hall–Kier alpha value is -3.67. The van der Waals surface area contributed by atoms with Gasteiger partial charge in [0.1, 0.15) is 5.02 Å². The van der Waals surface area contributed by atoms with Gasteiger partial charge >= 0.3 is 5.92 Å². The van der Waals surface area contributed by atoms with E-state index in [1.54, 1.807) is 25.2 Å². The van der Waals surface area contributed by atoms with Gasteiger partial charge in [0.05, 0.1) is 29.4 Å². The van der Waals surface area contributed by atoms with Gasteiger partial charge < -0.3 is 29.7 Å². The first-order valence-electron chi connectivity index (χ1n) is 14.3. The number of amides is 1. The Morgan fingerprint density at radius 1 is 1.12 bits per heavy atom. The second kappa shape index (κ2) is 9.96. The predicted molar refractivity (Wildman–Crippen MR) is 156 cm³/mol.